The van der Waals surface area contributed by atoms with E-state index in [0.717, 1.165) is 13.1 Å². The number of piperazine rings is 1. The fraction of sp³-hybridized carbons (Fsp3) is 0.500. The average Bonchev–Trinajstić information content (AvgIpc) is 2.41. The quantitative estimate of drug-likeness (QED) is 0.867. The number of hydrogen-bond donors (Lipinski definition) is 2. The molecular formula is C14H19FN2O2. The van der Waals surface area contributed by atoms with Crippen molar-refractivity contribution in [3.63, 3.8) is 0 Å². The smallest absolute Gasteiger partial charge is 0.328 e. The van der Waals surface area contributed by atoms with E-state index in [9.17, 15) is 14.3 Å². The lowest BCUT2D eigenvalue weighted by atomic mass is 9.88. The first-order valence-electron chi connectivity index (χ1n) is 6.42. The summed E-state index contributed by atoms with van der Waals surface area (Å²) in [5.74, 6) is -1.31. The first kappa shape index (κ1) is 14.0. The fourth-order valence-electron chi connectivity index (χ4n) is 2.45. The molecule has 0 spiro atoms. The molecule has 1 aromatic rings. The number of nitrogens with one attached hydrogen (secondary N) is 1. The van der Waals surface area contributed by atoms with Crippen LogP contribution in [0.3, 0.4) is 0 Å². The summed E-state index contributed by atoms with van der Waals surface area (Å²) in [5, 5.41) is 12.8. The lowest BCUT2D eigenvalue weighted by molar-refractivity contribution is -0.151. The van der Waals surface area contributed by atoms with Gasteiger partial charge in [0.1, 0.15) is 11.4 Å². The molecule has 1 aliphatic heterocycles. The zero-order valence-electron chi connectivity index (χ0n) is 11.2. The monoisotopic (exact) mass is 266 g/mol. The molecular weight excluding hydrogens is 247 g/mol. The van der Waals surface area contributed by atoms with E-state index in [1.165, 1.54) is 6.07 Å². The minimum absolute atomic E-state index is 0.361. The third-order valence-electron chi connectivity index (χ3n) is 3.90. The van der Waals surface area contributed by atoms with Crippen molar-refractivity contribution in [1.29, 1.82) is 0 Å². The van der Waals surface area contributed by atoms with Crippen LogP contribution in [0.15, 0.2) is 18.2 Å². The summed E-state index contributed by atoms with van der Waals surface area (Å²) in [6.07, 6.45) is 0. The van der Waals surface area contributed by atoms with Gasteiger partial charge in [-0.3, -0.25) is 4.90 Å². The van der Waals surface area contributed by atoms with Gasteiger partial charge in [-0.25, -0.2) is 9.18 Å². The van der Waals surface area contributed by atoms with Crippen LogP contribution in [0.1, 0.15) is 18.1 Å². The maximum absolute atomic E-state index is 13.7. The molecule has 5 heteroatoms. The van der Waals surface area contributed by atoms with Crippen molar-refractivity contribution >= 4 is 5.97 Å². The number of benzene rings is 1. The molecule has 0 amide bonds. The second kappa shape index (κ2) is 5.27. The highest BCUT2D eigenvalue weighted by Gasteiger charge is 2.42. The number of nitrogens with zero attached hydrogens (tertiary/aromatic N) is 1. The summed E-state index contributed by atoms with van der Waals surface area (Å²) in [4.78, 5) is 13.6. The number of carboxylic acid groups (broad SMARTS) is 1. The van der Waals surface area contributed by atoms with Gasteiger partial charge < -0.3 is 10.4 Å². The Hall–Kier alpha value is -1.46. The topological polar surface area (TPSA) is 52.6 Å². The van der Waals surface area contributed by atoms with E-state index in [1.807, 2.05) is 4.90 Å². The lowest BCUT2D eigenvalue weighted by Crippen LogP contribution is -2.56. The molecule has 1 aromatic carbocycles. The zero-order chi connectivity index (χ0) is 14.0. The van der Waals surface area contributed by atoms with Crippen LogP contribution in [0.25, 0.3) is 0 Å². The molecule has 2 N–H and O–H groups in total. The van der Waals surface area contributed by atoms with Crippen LogP contribution in [-0.4, -0.2) is 42.2 Å². The van der Waals surface area contributed by atoms with Gasteiger partial charge in [-0.1, -0.05) is 12.1 Å². The van der Waals surface area contributed by atoms with Gasteiger partial charge >= 0.3 is 5.97 Å². The second-order valence-electron chi connectivity index (χ2n) is 5.08. The highest BCUT2D eigenvalue weighted by atomic mass is 19.1. The first-order valence-corrected chi connectivity index (χ1v) is 6.42. The number of carbonyl (C=O) groups is 1. The highest BCUT2D eigenvalue weighted by molar-refractivity contribution is 5.80. The second-order valence-corrected chi connectivity index (χ2v) is 5.08. The maximum atomic E-state index is 13.7. The van der Waals surface area contributed by atoms with Crippen LogP contribution in [0.5, 0.6) is 0 Å². The molecule has 104 valence electrons. The number of rotatable bonds is 3. The van der Waals surface area contributed by atoms with Crippen LogP contribution in [0.4, 0.5) is 4.39 Å². The molecule has 1 aliphatic rings. The summed E-state index contributed by atoms with van der Waals surface area (Å²) in [5.41, 5.74) is -0.168. The van der Waals surface area contributed by atoms with Crippen molar-refractivity contribution < 1.29 is 14.3 Å². The Morgan fingerprint density at radius 3 is 2.58 bits per heavy atom. The zero-order valence-corrected chi connectivity index (χ0v) is 11.2. The van der Waals surface area contributed by atoms with Gasteiger partial charge in [0, 0.05) is 26.2 Å². The van der Waals surface area contributed by atoms with Gasteiger partial charge in [0.05, 0.1) is 0 Å². The molecule has 1 atom stereocenters. The SMILES string of the molecule is Cc1ccc(C(C)(C(=O)O)N2CCNCC2)cc1F. The number of carboxylic acids is 1. The fourth-order valence-corrected chi connectivity index (χ4v) is 2.45. The third kappa shape index (κ3) is 2.48. The van der Waals surface area contributed by atoms with E-state index in [1.54, 1.807) is 26.0 Å². The van der Waals surface area contributed by atoms with E-state index >= 15 is 0 Å². The molecule has 0 radical (unpaired) electrons. The minimum atomic E-state index is -1.18. The summed E-state index contributed by atoms with van der Waals surface area (Å²) >= 11 is 0. The molecule has 19 heavy (non-hydrogen) atoms. The molecule has 0 saturated carbocycles. The van der Waals surface area contributed by atoms with E-state index in [2.05, 4.69) is 5.32 Å². The summed E-state index contributed by atoms with van der Waals surface area (Å²) in [6, 6.07) is 4.67. The third-order valence-corrected chi connectivity index (χ3v) is 3.90. The Morgan fingerprint density at radius 2 is 2.05 bits per heavy atom. The Bertz CT molecular complexity index is 486. The van der Waals surface area contributed by atoms with E-state index < -0.39 is 11.5 Å². The van der Waals surface area contributed by atoms with Crippen molar-refractivity contribution in [2.24, 2.45) is 0 Å². The molecule has 1 fully saturated rings. The van der Waals surface area contributed by atoms with Crippen LogP contribution in [0.2, 0.25) is 0 Å². The van der Waals surface area contributed by atoms with Gasteiger partial charge in [0.25, 0.3) is 0 Å². The van der Waals surface area contributed by atoms with Crippen LogP contribution in [-0.2, 0) is 10.3 Å². The molecule has 0 bridgehead atoms. The van der Waals surface area contributed by atoms with Gasteiger partial charge in [-0.05, 0) is 31.0 Å². The van der Waals surface area contributed by atoms with Gasteiger partial charge in [0.15, 0.2) is 0 Å². The predicted molar refractivity (Wildman–Crippen MR) is 70.6 cm³/mol. The minimum Gasteiger partial charge on any atom is -0.480 e. The van der Waals surface area contributed by atoms with Crippen LogP contribution < -0.4 is 5.32 Å². The van der Waals surface area contributed by atoms with Crippen molar-refractivity contribution in [2.75, 3.05) is 26.2 Å². The Morgan fingerprint density at radius 1 is 1.42 bits per heavy atom. The predicted octanol–water partition coefficient (Wildman–Crippen LogP) is 1.34. The molecule has 2 rings (SSSR count). The van der Waals surface area contributed by atoms with Crippen molar-refractivity contribution in [1.82, 2.24) is 10.2 Å². The lowest BCUT2D eigenvalue weighted by Gasteiger charge is -2.40. The van der Waals surface area contributed by atoms with Crippen LogP contribution in [0, 0.1) is 12.7 Å². The standard InChI is InChI=1S/C14H19FN2O2/c1-10-3-4-11(9-12(10)15)14(2,13(18)19)17-7-5-16-6-8-17/h3-4,9,16H,5-8H2,1-2H3,(H,18,19). The summed E-state index contributed by atoms with van der Waals surface area (Å²) in [7, 11) is 0. The van der Waals surface area contributed by atoms with Gasteiger partial charge in [-0.2, -0.15) is 0 Å². The molecule has 1 heterocycles. The Balaban J connectivity index is 2.42. The Kier molecular flexibility index (Phi) is 3.87. The average molecular weight is 266 g/mol. The van der Waals surface area contributed by atoms with Gasteiger partial charge in [0.2, 0.25) is 0 Å². The highest BCUT2D eigenvalue weighted by Crippen LogP contribution is 2.30. The first-order chi connectivity index (χ1) is 8.96. The van der Waals surface area contributed by atoms with Crippen molar-refractivity contribution in [2.45, 2.75) is 19.4 Å². The summed E-state index contributed by atoms with van der Waals surface area (Å²) in [6.45, 7) is 6.08. The van der Waals surface area contributed by atoms with E-state index in [0.29, 0.717) is 24.2 Å². The van der Waals surface area contributed by atoms with E-state index in [-0.39, 0.29) is 5.82 Å². The van der Waals surface area contributed by atoms with Crippen molar-refractivity contribution in [3.05, 3.63) is 35.1 Å². The molecule has 1 unspecified atom stereocenters. The summed E-state index contributed by atoms with van der Waals surface area (Å²) < 4.78 is 13.7. The number of aryl methyl sites for hydroxylation is 1. The molecule has 0 aliphatic carbocycles. The number of halogens is 1. The van der Waals surface area contributed by atoms with E-state index in [4.69, 9.17) is 0 Å². The molecule has 1 saturated heterocycles. The number of aliphatic carboxylic acids is 1. The molecule has 4 nitrogen and oxygen atoms in total. The molecule has 0 aromatic heterocycles. The Labute approximate surface area is 112 Å². The number of hydrogen-bond acceptors (Lipinski definition) is 3. The van der Waals surface area contributed by atoms with Crippen LogP contribution >= 0.6 is 0 Å². The van der Waals surface area contributed by atoms with Crippen molar-refractivity contribution in [3.8, 4) is 0 Å². The van der Waals surface area contributed by atoms with Gasteiger partial charge in [-0.15, -0.1) is 0 Å². The normalized spacial score (nSPS) is 19.9. The largest absolute Gasteiger partial charge is 0.480 e. The maximum Gasteiger partial charge on any atom is 0.328 e.